The van der Waals surface area contributed by atoms with Gasteiger partial charge < -0.3 is 14.2 Å². The molecule has 0 amide bonds. The van der Waals surface area contributed by atoms with Crippen LogP contribution in [-0.4, -0.2) is 26.1 Å². The molecule has 1 aromatic carbocycles. The Morgan fingerprint density at radius 2 is 2.00 bits per heavy atom. The van der Waals surface area contributed by atoms with E-state index >= 15 is 0 Å². The lowest BCUT2D eigenvalue weighted by molar-refractivity contribution is -0.165. The molecular formula is C13H17BrO3. The number of rotatable bonds is 5. The lowest BCUT2D eigenvalue weighted by Gasteiger charge is -2.22. The summed E-state index contributed by atoms with van der Waals surface area (Å²) < 4.78 is 17.6. The van der Waals surface area contributed by atoms with Gasteiger partial charge in [-0.05, 0) is 43.5 Å². The fraction of sp³-hybridized carbons (Fsp3) is 0.538. The largest absolute Gasteiger partial charge is 0.491 e. The van der Waals surface area contributed by atoms with Gasteiger partial charge in [-0.25, -0.2) is 0 Å². The van der Waals surface area contributed by atoms with Gasteiger partial charge in [-0.3, -0.25) is 0 Å². The van der Waals surface area contributed by atoms with Gasteiger partial charge in [0.1, 0.15) is 12.4 Å². The van der Waals surface area contributed by atoms with E-state index in [1.54, 1.807) is 0 Å². The Bertz CT molecular complexity index is 320. The van der Waals surface area contributed by atoms with Crippen LogP contribution >= 0.6 is 15.9 Å². The van der Waals surface area contributed by atoms with Crippen molar-refractivity contribution in [3.8, 4) is 5.75 Å². The molecule has 1 saturated heterocycles. The maximum Gasteiger partial charge on any atom is 0.157 e. The van der Waals surface area contributed by atoms with Crippen LogP contribution in [0.3, 0.4) is 0 Å². The molecule has 1 aliphatic rings. The maximum absolute atomic E-state index is 5.57. The third kappa shape index (κ3) is 4.66. The molecular weight excluding hydrogens is 284 g/mol. The van der Waals surface area contributed by atoms with Crippen LogP contribution in [0.15, 0.2) is 28.7 Å². The molecule has 3 nitrogen and oxygen atoms in total. The van der Waals surface area contributed by atoms with Crippen molar-refractivity contribution in [2.45, 2.75) is 25.6 Å². The average molecular weight is 301 g/mol. The van der Waals surface area contributed by atoms with Crippen molar-refractivity contribution >= 4 is 15.9 Å². The van der Waals surface area contributed by atoms with E-state index < -0.39 is 0 Å². The summed E-state index contributed by atoms with van der Waals surface area (Å²) >= 11 is 3.38. The Morgan fingerprint density at radius 3 is 2.71 bits per heavy atom. The molecule has 0 aliphatic carbocycles. The molecule has 4 heteroatoms. The first-order valence-corrected chi connectivity index (χ1v) is 6.75. The van der Waals surface area contributed by atoms with Crippen LogP contribution in [0.1, 0.15) is 19.3 Å². The van der Waals surface area contributed by atoms with E-state index in [1.807, 2.05) is 24.3 Å². The van der Waals surface area contributed by atoms with E-state index in [0.717, 1.165) is 29.7 Å². The van der Waals surface area contributed by atoms with E-state index in [4.69, 9.17) is 14.2 Å². The van der Waals surface area contributed by atoms with Crippen LogP contribution < -0.4 is 4.74 Å². The highest BCUT2D eigenvalue weighted by Gasteiger charge is 2.13. The second-order valence-corrected chi connectivity index (χ2v) is 4.88. The van der Waals surface area contributed by atoms with Crippen molar-refractivity contribution in [1.29, 1.82) is 0 Å². The molecule has 0 aromatic heterocycles. The first-order chi connectivity index (χ1) is 8.34. The average Bonchev–Trinajstić information content (AvgIpc) is 2.38. The quantitative estimate of drug-likeness (QED) is 0.780. The standard InChI is InChI=1S/C13H17BrO3/c14-11-4-6-12(7-5-11)15-9-10-17-13-3-1-2-8-16-13/h4-7,13H,1-3,8-10H2. The summed E-state index contributed by atoms with van der Waals surface area (Å²) in [5, 5.41) is 0. The molecule has 0 radical (unpaired) electrons. The Labute approximate surface area is 110 Å². The number of ether oxygens (including phenoxy) is 3. The second-order valence-electron chi connectivity index (χ2n) is 3.97. The molecule has 0 saturated carbocycles. The zero-order chi connectivity index (χ0) is 11.9. The third-order valence-corrected chi connectivity index (χ3v) is 3.14. The Morgan fingerprint density at radius 1 is 1.18 bits per heavy atom. The molecule has 17 heavy (non-hydrogen) atoms. The van der Waals surface area contributed by atoms with Gasteiger partial charge in [0.05, 0.1) is 6.61 Å². The molecule has 1 aromatic rings. The van der Waals surface area contributed by atoms with Crippen LogP contribution in [0.2, 0.25) is 0 Å². The highest BCUT2D eigenvalue weighted by Crippen LogP contribution is 2.16. The summed E-state index contributed by atoms with van der Waals surface area (Å²) in [6, 6.07) is 7.78. The highest BCUT2D eigenvalue weighted by atomic mass is 79.9. The van der Waals surface area contributed by atoms with E-state index in [2.05, 4.69) is 15.9 Å². The lowest BCUT2D eigenvalue weighted by atomic mass is 10.2. The molecule has 94 valence electrons. The molecule has 0 bridgehead atoms. The first kappa shape index (κ1) is 12.9. The summed E-state index contributed by atoms with van der Waals surface area (Å²) in [6.45, 7) is 1.94. The van der Waals surface area contributed by atoms with Gasteiger partial charge in [-0.15, -0.1) is 0 Å². The smallest absolute Gasteiger partial charge is 0.157 e. The van der Waals surface area contributed by atoms with Crippen LogP contribution in [0, 0.1) is 0 Å². The molecule has 1 aliphatic heterocycles. The van der Waals surface area contributed by atoms with Crippen molar-refractivity contribution in [2.24, 2.45) is 0 Å². The third-order valence-electron chi connectivity index (χ3n) is 2.61. The number of hydrogen-bond donors (Lipinski definition) is 0. The van der Waals surface area contributed by atoms with Crippen LogP contribution in [-0.2, 0) is 9.47 Å². The van der Waals surface area contributed by atoms with E-state index in [0.29, 0.717) is 13.2 Å². The summed E-state index contributed by atoms with van der Waals surface area (Å²) in [7, 11) is 0. The van der Waals surface area contributed by atoms with Crippen LogP contribution in [0.4, 0.5) is 0 Å². The van der Waals surface area contributed by atoms with Gasteiger partial charge in [0.25, 0.3) is 0 Å². The van der Waals surface area contributed by atoms with E-state index in [9.17, 15) is 0 Å². The number of halogens is 1. The predicted octanol–water partition coefficient (Wildman–Crippen LogP) is 3.37. The Balaban J connectivity index is 1.60. The Hall–Kier alpha value is -0.580. The van der Waals surface area contributed by atoms with Gasteiger partial charge >= 0.3 is 0 Å². The maximum atomic E-state index is 5.57. The van der Waals surface area contributed by atoms with E-state index in [1.165, 1.54) is 6.42 Å². The molecule has 1 unspecified atom stereocenters. The monoisotopic (exact) mass is 300 g/mol. The highest BCUT2D eigenvalue weighted by molar-refractivity contribution is 9.10. The Kier molecular flexibility index (Phi) is 5.29. The van der Waals surface area contributed by atoms with Crippen molar-refractivity contribution in [1.82, 2.24) is 0 Å². The summed E-state index contributed by atoms with van der Waals surface area (Å²) in [4.78, 5) is 0. The SMILES string of the molecule is Brc1ccc(OCCOC2CCCCO2)cc1. The summed E-state index contributed by atoms with van der Waals surface area (Å²) in [5.41, 5.74) is 0. The molecule has 0 N–H and O–H groups in total. The minimum Gasteiger partial charge on any atom is -0.491 e. The predicted molar refractivity (Wildman–Crippen MR) is 69.2 cm³/mol. The molecule has 1 fully saturated rings. The van der Waals surface area contributed by atoms with Crippen LogP contribution in [0.5, 0.6) is 5.75 Å². The van der Waals surface area contributed by atoms with Gasteiger partial charge in [0.2, 0.25) is 0 Å². The minimum atomic E-state index is -0.0303. The number of hydrogen-bond acceptors (Lipinski definition) is 3. The van der Waals surface area contributed by atoms with Gasteiger partial charge in [-0.2, -0.15) is 0 Å². The topological polar surface area (TPSA) is 27.7 Å². The molecule has 0 spiro atoms. The minimum absolute atomic E-state index is 0.0303. The summed E-state index contributed by atoms with van der Waals surface area (Å²) in [5.74, 6) is 0.862. The molecule has 1 atom stereocenters. The fourth-order valence-electron chi connectivity index (χ4n) is 1.71. The van der Waals surface area contributed by atoms with Crippen molar-refractivity contribution in [2.75, 3.05) is 19.8 Å². The van der Waals surface area contributed by atoms with Gasteiger partial charge in [0.15, 0.2) is 6.29 Å². The van der Waals surface area contributed by atoms with Gasteiger partial charge in [0, 0.05) is 11.1 Å². The first-order valence-electron chi connectivity index (χ1n) is 5.96. The second kappa shape index (κ2) is 6.99. The number of benzene rings is 1. The zero-order valence-electron chi connectivity index (χ0n) is 9.73. The van der Waals surface area contributed by atoms with Crippen LogP contribution in [0.25, 0.3) is 0 Å². The van der Waals surface area contributed by atoms with Gasteiger partial charge in [-0.1, -0.05) is 15.9 Å². The lowest BCUT2D eigenvalue weighted by Crippen LogP contribution is -2.24. The molecule has 1 heterocycles. The summed E-state index contributed by atoms with van der Waals surface area (Å²) in [6.07, 6.45) is 3.31. The zero-order valence-corrected chi connectivity index (χ0v) is 11.3. The normalized spacial score (nSPS) is 20.2. The fourth-order valence-corrected chi connectivity index (χ4v) is 1.98. The van der Waals surface area contributed by atoms with Crippen molar-refractivity contribution in [3.63, 3.8) is 0 Å². The van der Waals surface area contributed by atoms with Crippen molar-refractivity contribution < 1.29 is 14.2 Å². The molecule has 2 rings (SSSR count). The van der Waals surface area contributed by atoms with E-state index in [-0.39, 0.29) is 6.29 Å². The van der Waals surface area contributed by atoms with Crippen molar-refractivity contribution in [3.05, 3.63) is 28.7 Å².